The van der Waals surface area contributed by atoms with Crippen LogP contribution in [0.25, 0.3) is 0 Å². The maximum absolute atomic E-state index is 11.5. The fourth-order valence-corrected chi connectivity index (χ4v) is 1.72. The Morgan fingerprint density at radius 3 is 2.15 bits per heavy atom. The first-order valence-electron chi connectivity index (χ1n) is 6.58. The molecule has 20 heavy (non-hydrogen) atoms. The lowest BCUT2D eigenvalue weighted by Gasteiger charge is -2.33. The van der Waals surface area contributed by atoms with Gasteiger partial charge in [-0.05, 0) is 19.8 Å². The molecule has 1 atom stereocenters. The summed E-state index contributed by atoms with van der Waals surface area (Å²) in [6.07, 6.45) is 1.06. The molecule has 2 amide bonds. The van der Waals surface area contributed by atoms with E-state index in [4.69, 9.17) is 4.74 Å². The van der Waals surface area contributed by atoms with Crippen molar-refractivity contribution in [3.8, 4) is 0 Å². The van der Waals surface area contributed by atoms with Crippen LogP contribution in [0.3, 0.4) is 0 Å². The van der Waals surface area contributed by atoms with Crippen LogP contribution in [0.5, 0.6) is 0 Å². The molecule has 0 aromatic heterocycles. The Morgan fingerprint density at radius 1 is 1.15 bits per heavy atom. The highest BCUT2D eigenvalue weighted by atomic mass is 16.5. The molecule has 0 bridgehead atoms. The van der Waals surface area contributed by atoms with Crippen molar-refractivity contribution in [2.75, 3.05) is 13.2 Å². The molecule has 0 heterocycles. The molecule has 0 aromatic rings. The minimum absolute atomic E-state index is 0.0500. The van der Waals surface area contributed by atoms with Gasteiger partial charge in [0.15, 0.2) is 0 Å². The molecule has 0 rings (SSSR count). The summed E-state index contributed by atoms with van der Waals surface area (Å²) in [4.78, 5) is 33.7. The van der Waals surface area contributed by atoms with Crippen molar-refractivity contribution in [2.45, 2.75) is 46.1 Å². The van der Waals surface area contributed by atoms with Gasteiger partial charge in [0.2, 0.25) is 11.8 Å². The lowest BCUT2D eigenvalue weighted by atomic mass is 9.92. The first-order chi connectivity index (χ1) is 9.22. The Hall–Kier alpha value is -1.85. The second kappa shape index (κ2) is 8.35. The van der Waals surface area contributed by atoms with Gasteiger partial charge in [0.1, 0.15) is 6.61 Å². The van der Waals surface area contributed by atoms with E-state index in [-0.39, 0.29) is 18.4 Å². The molecule has 0 radical (unpaired) electrons. The van der Waals surface area contributed by atoms with E-state index >= 15 is 0 Å². The Bertz CT molecular complexity index is 393. The zero-order valence-electron chi connectivity index (χ0n) is 12.7. The largest absolute Gasteiger partial charge is 0.460 e. The van der Waals surface area contributed by atoms with Crippen LogP contribution in [-0.4, -0.2) is 36.5 Å². The van der Waals surface area contributed by atoms with Gasteiger partial charge in [0.25, 0.3) is 0 Å². The van der Waals surface area contributed by atoms with Crippen molar-refractivity contribution in [1.29, 1.82) is 0 Å². The quantitative estimate of drug-likeness (QED) is 0.512. The van der Waals surface area contributed by atoms with E-state index in [1.165, 1.54) is 13.8 Å². The second-order valence-electron chi connectivity index (χ2n) is 4.90. The number of amides is 2. The molecule has 0 aliphatic heterocycles. The van der Waals surface area contributed by atoms with Gasteiger partial charge in [-0.1, -0.05) is 13.5 Å². The van der Waals surface area contributed by atoms with Crippen molar-refractivity contribution < 1.29 is 19.1 Å². The normalized spacial score (nSPS) is 13.0. The SMILES string of the molecule is C=C(C)C(=O)OCC(CC)(CCNC(C)=O)NC(C)=O. The average molecular weight is 284 g/mol. The molecule has 0 aliphatic carbocycles. The third kappa shape index (κ3) is 6.92. The molecule has 0 aliphatic rings. The van der Waals surface area contributed by atoms with Crippen LogP contribution in [0.4, 0.5) is 0 Å². The molecule has 0 spiro atoms. The van der Waals surface area contributed by atoms with E-state index in [9.17, 15) is 14.4 Å². The zero-order valence-corrected chi connectivity index (χ0v) is 12.7. The van der Waals surface area contributed by atoms with Gasteiger partial charge >= 0.3 is 5.97 Å². The van der Waals surface area contributed by atoms with Crippen LogP contribution < -0.4 is 10.6 Å². The average Bonchev–Trinajstić information content (AvgIpc) is 2.34. The lowest BCUT2D eigenvalue weighted by Crippen LogP contribution is -2.52. The van der Waals surface area contributed by atoms with Crippen molar-refractivity contribution in [1.82, 2.24) is 10.6 Å². The van der Waals surface area contributed by atoms with E-state index in [0.29, 0.717) is 25.0 Å². The van der Waals surface area contributed by atoms with Crippen LogP contribution in [0.1, 0.15) is 40.5 Å². The molecular weight excluding hydrogens is 260 g/mol. The summed E-state index contributed by atoms with van der Waals surface area (Å²) in [5, 5.41) is 5.48. The summed E-state index contributed by atoms with van der Waals surface area (Å²) in [5.74, 6) is -0.842. The van der Waals surface area contributed by atoms with Gasteiger partial charge in [-0.2, -0.15) is 0 Å². The summed E-state index contributed by atoms with van der Waals surface area (Å²) < 4.78 is 5.15. The zero-order chi connectivity index (χ0) is 15.8. The second-order valence-corrected chi connectivity index (χ2v) is 4.90. The number of carbonyl (C=O) groups excluding carboxylic acids is 3. The summed E-state index contributed by atoms with van der Waals surface area (Å²) >= 11 is 0. The molecule has 0 aromatic carbocycles. The van der Waals surface area contributed by atoms with Crippen LogP contribution in [0.15, 0.2) is 12.2 Å². The first-order valence-corrected chi connectivity index (χ1v) is 6.58. The summed E-state index contributed by atoms with van der Waals surface area (Å²) in [7, 11) is 0. The molecule has 1 unspecified atom stereocenters. The molecule has 0 fully saturated rings. The fourth-order valence-electron chi connectivity index (χ4n) is 1.72. The van der Waals surface area contributed by atoms with E-state index in [1.807, 2.05) is 6.92 Å². The Morgan fingerprint density at radius 2 is 1.75 bits per heavy atom. The van der Waals surface area contributed by atoms with Crippen LogP contribution in [0, 0.1) is 0 Å². The minimum atomic E-state index is -0.681. The third-order valence-electron chi connectivity index (χ3n) is 2.92. The molecule has 2 N–H and O–H groups in total. The van der Waals surface area contributed by atoms with Gasteiger partial charge in [-0.3, -0.25) is 9.59 Å². The number of esters is 1. The number of nitrogens with one attached hydrogen (secondary N) is 2. The van der Waals surface area contributed by atoms with Crippen molar-refractivity contribution in [2.24, 2.45) is 0 Å². The maximum atomic E-state index is 11.5. The van der Waals surface area contributed by atoms with Gasteiger partial charge in [0, 0.05) is 26.0 Å². The van der Waals surface area contributed by atoms with Gasteiger partial charge < -0.3 is 15.4 Å². The number of hydrogen-bond donors (Lipinski definition) is 2. The van der Waals surface area contributed by atoms with Crippen molar-refractivity contribution in [3.05, 3.63) is 12.2 Å². The van der Waals surface area contributed by atoms with E-state index in [1.54, 1.807) is 6.92 Å². The summed E-state index contributed by atoms with van der Waals surface area (Å²) in [6, 6.07) is 0. The Balaban J connectivity index is 4.73. The van der Waals surface area contributed by atoms with Crippen molar-refractivity contribution in [3.63, 3.8) is 0 Å². The number of carbonyl (C=O) groups is 3. The van der Waals surface area contributed by atoms with E-state index in [0.717, 1.165) is 0 Å². The van der Waals surface area contributed by atoms with Gasteiger partial charge in [-0.15, -0.1) is 0 Å². The monoisotopic (exact) mass is 284 g/mol. The molecule has 6 nitrogen and oxygen atoms in total. The highest BCUT2D eigenvalue weighted by molar-refractivity contribution is 5.87. The first kappa shape index (κ1) is 18.1. The maximum Gasteiger partial charge on any atom is 0.333 e. The number of ether oxygens (including phenoxy) is 1. The van der Waals surface area contributed by atoms with Crippen molar-refractivity contribution >= 4 is 17.8 Å². The van der Waals surface area contributed by atoms with Gasteiger partial charge in [0.05, 0.1) is 5.54 Å². The lowest BCUT2D eigenvalue weighted by molar-refractivity contribution is -0.142. The van der Waals surface area contributed by atoms with Crippen LogP contribution in [-0.2, 0) is 19.1 Å². The predicted molar refractivity (Wildman–Crippen MR) is 75.9 cm³/mol. The highest BCUT2D eigenvalue weighted by Crippen LogP contribution is 2.16. The molecular formula is C14H24N2O4. The third-order valence-corrected chi connectivity index (χ3v) is 2.92. The standard InChI is InChI=1S/C14H24N2O4/c1-6-14(16-12(5)18,7-8-15-11(4)17)9-20-13(19)10(2)3/h2,6-9H2,1,3-5H3,(H,15,17)(H,16,18). The summed E-state index contributed by atoms with van der Waals surface area (Å²) in [6.45, 7) is 10.2. The molecule has 6 heteroatoms. The highest BCUT2D eigenvalue weighted by Gasteiger charge is 2.30. The predicted octanol–water partition coefficient (Wildman–Crippen LogP) is 0.917. The van der Waals surface area contributed by atoms with E-state index < -0.39 is 11.5 Å². The Kier molecular flexibility index (Phi) is 7.57. The fraction of sp³-hybridized carbons (Fsp3) is 0.643. The summed E-state index contributed by atoms with van der Waals surface area (Å²) in [5.41, 5.74) is -0.376. The number of hydrogen-bond acceptors (Lipinski definition) is 4. The van der Waals surface area contributed by atoms with E-state index in [2.05, 4.69) is 17.2 Å². The molecule has 0 saturated heterocycles. The molecule has 0 saturated carbocycles. The Labute approximate surface area is 119 Å². The van der Waals surface area contributed by atoms with Crippen LogP contribution in [0.2, 0.25) is 0 Å². The minimum Gasteiger partial charge on any atom is -0.460 e. The molecule has 114 valence electrons. The number of rotatable bonds is 8. The smallest absolute Gasteiger partial charge is 0.333 e. The topological polar surface area (TPSA) is 84.5 Å². The van der Waals surface area contributed by atoms with Gasteiger partial charge in [-0.25, -0.2) is 4.79 Å². The van der Waals surface area contributed by atoms with Crippen LogP contribution >= 0.6 is 0 Å².